The lowest BCUT2D eigenvalue weighted by Crippen LogP contribution is -2.03. The summed E-state index contributed by atoms with van der Waals surface area (Å²) in [5.74, 6) is -0.419. The summed E-state index contributed by atoms with van der Waals surface area (Å²) in [6.07, 6.45) is 2.72. The summed E-state index contributed by atoms with van der Waals surface area (Å²) in [7, 11) is -3.33. The fourth-order valence-corrected chi connectivity index (χ4v) is 3.60. The molecule has 0 saturated heterocycles. The number of carbonyl (C=O) groups is 1. The number of hydrogen-bond acceptors (Lipinski definition) is 5. The minimum Gasteiger partial charge on any atom is -0.476 e. The molecule has 0 bridgehead atoms. The van der Waals surface area contributed by atoms with Crippen molar-refractivity contribution < 1.29 is 22.7 Å². The first-order chi connectivity index (χ1) is 13.8. The van der Waals surface area contributed by atoms with Crippen molar-refractivity contribution in [2.24, 2.45) is 0 Å². The van der Waals surface area contributed by atoms with Gasteiger partial charge >= 0.3 is 5.97 Å². The Balaban J connectivity index is 1.78. The number of hydrogen-bond donors (Lipinski definition) is 1. The highest BCUT2D eigenvalue weighted by atomic mass is 32.2. The Morgan fingerprint density at radius 2 is 1.66 bits per heavy atom. The molecular weight excluding hydrogens is 392 g/mol. The van der Waals surface area contributed by atoms with E-state index in [9.17, 15) is 18.3 Å². The van der Waals surface area contributed by atoms with Crippen LogP contribution in [-0.2, 0) is 9.84 Å². The smallest absolute Gasteiger partial charge is 0.356 e. The van der Waals surface area contributed by atoms with E-state index in [0.29, 0.717) is 11.4 Å². The van der Waals surface area contributed by atoms with Crippen LogP contribution in [0.4, 0.5) is 0 Å². The number of aromatic carboxylic acids is 1. The van der Waals surface area contributed by atoms with Gasteiger partial charge in [0.15, 0.2) is 15.5 Å². The van der Waals surface area contributed by atoms with Gasteiger partial charge in [0.05, 0.1) is 22.5 Å². The number of rotatable bonds is 5. The lowest BCUT2D eigenvalue weighted by Gasteiger charge is -2.09. The van der Waals surface area contributed by atoms with E-state index >= 15 is 0 Å². The van der Waals surface area contributed by atoms with E-state index in [-0.39, 0.29) is 10.6 Å². The van der Waals surface area contributed by atoms with E-state index in [1.165, 1.54) is 22.9 Å². The Labute approximate surface area is 166 Å². The minimum atomic E-state index is -3.33. The van der Waals surface area contributed by atoms with Gasteiger partial charge in [-0.25, -0.2) is 17.9 Å². The summed E-state index contributed by atoms with van der Waals surface area (Å²) in [6.45, 7) is 0. The number of carboxylic acids is 1. The standard InChI is InChI=1S/C21H16N2O5S/c1-29(26,27)17-10-8-16(9-11-17)23-19(13-18(22-23)21(24)25)14-4-6-15(7-5-14)20-3-2-12-28-20/h2-13H,1H3,(H,24,25). The van der Waals surface area contributed by atoms with Gasteiger partial charge in [0, 0.05) is 17.4 Å². The molecule has 2 aromatic carbocycles. The topological polar surface area (TPSA) is 102 Å². The fraction of sp³-hybridized carbons (Fsp3) is 0.0476. The van der Waals surface area contributed by atoms with Crippen LogP contribution >= 0.6 is 0 Å². The second-order valence-corrected chi connectivity index (χ2v) is 8.47. The third-order valence-electron chi connectivity index (χ3n) is 4.42. The van der Waals surface area contributed by atoms with E-state index in [4.69, 9.17) is 4.42 Å². The molecule has 2 heterocycles. The highest BCUT2D eigenvalue weighted by Crippen LogP contribution is 2.28. The quantitative estimate of drug-likeness (QED) is 0.537. The normalized spacial score (nSPS) is 11.5. The van der Waals surface area contributed by atoms with Crippen LogP contribution < -0.4 is 0 Å². The van der Waals surface area contributed by atoms with Crippen molar-refractivity contribution in [2.45, 2.75) is 4.90 Å². The maximum absolute atomic E-state index is 11.7. The number of sulfone groups is 1. The van der Waals surface area contributed by atoms with Crippen LogP contribution in [0.3, 0.4) is 0 Å². The van der Waals surface area contributed by atoms with Gasteiger partial charge in [-0.05, 0) is 42.5 Å². The molecule has 2 aromatic heterocycles. The molecular formula is C21H16N2O5S. The molecule has 0 spiro atoms. The van der Waals surface area contributed by atoms with Crippen LogP contribution in [0.15, 0.2) is 82.3 Å². The summed E-state index contributed by atoms with van der Waals surface area (Å²) < 4.78 is 30.2. The summed E-state index contributed by atoms with van der Waals surface area (Å²) in [4.78, 5) is 11.6. The molecule has 7 nitrogen and oxygen atoms in total. The van der Waals surface area contributed by atoms with Crippen LogP contribution in [0.2, 0.25) is 0 Å². The van der Waals surface area contributed by atoms with Crippen LogP contribution in [0.1, 0.15) is 10.5 Å². The van der Waals surface area contributed by atoms with Crippen molar-refractivity contribution in [3.05, 3.63) is 78.7 Å². The average molecular weight is 408 g/mol. The Morgan fingerprint density at radius 3 is 2.21 bits per heavy atom. The summed E-state index contributed by atoms with van der Waals surface area (Å²) in [5.41, 5.74) is 2.66. The van der Waals surface area contributed by atoms with Crippen molar-refractivity contribution in [3.8, 4) is 28.3 Å². The van der Waals surface area contributed by atoms with Crippen molar-refractivity contribution in [1.29, 1.82) is 0 Å². The summed E-state index contributed by atoms with van der Waals surface area (Å²) >= 11 is 0. The molecule has 0 saturated carbocycles. The van der Waals surface area contributed by atoms with Crippen molar-refractivity contribution in [1.82, 2.24) is 9.78 Å². The first-order valence-corrected chi connectivity index (χ1v) is 10.5. The molecule has 0 fully saturated rings. The molecule has 4 aromatic rings. The molecule has 0 radical (unpaired) electrons. The SMILES string of the molecule is CS(=O)(=O)c1ccc(-n2nc(C(=O)O)cc2-c2ccc(-c3ccco3)cc2)cc1. The summed E-state index contributed by atoms with van der Waals surface area (Å²) in [5, 5.41) is 13.5. The minimum absolute atomic E-state index is 0.109. The predicted molar refractivity (Wildman–Crippen MR) is 107 cm³/mol. The molecule has 0 unspecified atom stereocenters. The van der Waals surface area contributed by atoms with Crippen molar-refractivity contribution >= 4 is 15.8 Å². The van der Waals surface area contributed by atoms with Gasteiger partial charge in [0.2, 0.25) is 0 Å². The molecule has 0 aliphatic carbocycles. The zero-order valence-electron chi connectivity index (χ0n) is 15.3. The van der Waals surface area contributed by atoms with Crippen LogP contribution in [-0.4, -0.2) is 35.5 Å². The largest absolute Gasteiger partial charge is 0.476 e. The highest BCUT2D eigenvalue weighted by molar-refractivity contribution is 7.90. The fourth-order valence-electron chi connectivity index (χ4n) is 2.97. The number of furan rings is 1. The molecule has 1 N–H and O–H groups in total. The van der Waals surface area contributed by atoms with Gasteiger partial charge in [0.1, 0.15) is 5.76 Å². The lowest BCUT2D eigenvalue weighted by atomic mass is 10.1. The van der Waals surface area contributed by atoms with Crippen LogP contribution in [0.5, 0.6) is 0 Å². The van der Waals surface area contributed by atoms with Gasteiger partial charge in [-0.1, -0.05) is 24.3 Å². The predicted octanol–water partition coefficient (Wildman–Crippen LogP) is 3.90. The highest BCUT2D eigenvalue weighted by Gasteiger charge is 2.17. The number of benzene rings is 2. The van der Waals surface area contributed by atoms with Gasteiger partial charge in [-0.2, -0.15) is 5.10 Å². The second-order valence-electron chi connectivity index (χ2n) is 6.45. The van der Waals surface area contributed by atoms with E-state index in [1.807, 2.05) is 30.3 Å². The molecule has 0 atom stereocenters. The third kappa shape index (κ3) is 3.70. The van der Waals surface area contributed by atoms with Crippen LogP contribution in [0.25, 0.3) is 28.3 Å². The molecule has 8 heteroatoms. The van der Waals surface area contributed by atoms with Crippen molar-refractivity contribution in [3.63, 3.8) is 0 Å². The number of nitrogens with zero attached hydrogens (tertiary/aromatic N) is 2. The maximum Gasteiger partial charge on any atom is 0.356 e. The first kappa shape index (κ1) is 18.7. The Morgan fingerprint density at radius 1 is 1.00 bits per heavy atom. The maximum atomic E-state index is 11.7. The van der Waals surface area contributed by atoms with E-state index in [0.717, 1.165) is 23.1 Å². The van der Waals surface area contributed by atoms with Crippen LogP contribution in [0, 0.1) is 0 Å². The number of carboxylic acid groups (broad SMARTS) is 1. The average Bonchev–Trinajstić information content (AvgIpc) is 3.38. The lowest BCUT2D eigenvalue weighted by molar-refractivity contribution is 0.0690. The summed E-state index contributed by atoms with van der Waals surface area (Å²) in [6, 6.07) is 18.7. The Kier molecular flexibility index (Phi) is 4.56. The zero-order chi connectivity index (χ0) is 20.6. The van der Waals surface area contributed by atoms with Gasteiger partial charge in [-0.3, -0.25) is 0 Å². The Hall–Kier alpha value is -3.65. The van der Waals surface area contributed by atoms with E-state index in [2.05, 4.69) is 5.10 Å². The first-order valence-electron chi connectivity index (χ1n) is 8.61. The number of aromatic nitrogens is 2. The molecule has 4 rings (SSSR count). The zero-order valence-corrected chi connectivity index (χ0v) is 16.1. The molecule has 0 aliphatic heterocycles. The van der Waals surface area contributed by atoms with E-state index in [1.54, 1.807) is 24.5 Å². The van der Waals surface area contributed by atoms with Gasteiger partial charge in [0.25, 0.3) is 0 Å². The second kappa shape index (κ2) is 7.06. The Bertz CT molecular complexity index is 1270. The molecule has 0 amide bonds. The molecule has 146 valence electrons. The van der Waals surface area contributed by atoms with Crippen molar-refractivity contribution in [2.75, 3.05) is 6.26 Å². The third-order valence-corrected chi connectivity index (χ3v) is 5.55. The van der Waals surface area contributed by atoms with E-state index < -0.39 is 15.8 Å². The molecule has 29 heavy (non-hydrogen) atoms. The van der Waals surface area contributed by atoms with Gasteiger partial charge in [-0.15, -0.1) is 0 Å². The monoisotopic (exact) mass is 408 g/mol. The van der Waals surface area contributed by atoms with Gasteiger partial charge < -0.3 is 9.52 Å². The molecule has 0 aliphatic rings.